The Morgan fingerprint density at radius 3 is 3.22 bits per heavy atom. The quantitative estimate of drug-likeness (QED) is 0.729. The number of nitrogens with zero attached hydrogens (tertiary/aromatic N) is 1. The van der Waals surface area contributed by atoms with Gasteiger partial charge >= 0.3 is 0 Å². The van der Waals surface area contributed by atoms with E-state index in [9.17, 15) is 0 Å². The Balaban J connectivity index is 1.62. The summed E-state index contributed by atoms with van der Waals surface area (Å²) in [6, 6.07) is 0.292. The van der Waals surface area contributed by atoms with Crippen LogP contribution in [0, 0.1) is 0 Å². The van der Waals surface area contributed by atoms with Crippen molar-refractivity contribution < 1.29 is 9.47 Å². The van der Waals surface area contributed by atoms with Crippen molar-refractivity contribution in [1.82, 2.24) is 5.32 Å². The third-order valence-electron chi connectivity index (χ3n) is 3.35. The van der Waals surface area contributed by atoms with Crippen molar-refractivity contribution in [2.24, 2.45) is 4.99 Å². The molecule has 1 N–H and O–H groups in total. The summed E-state index contributed by atoms with van der Waals surface area (Å²) in [7, 11) is 0. The number of hydrogen-bond acceptors (Lipinski definition) is 4. The molecule has 2 heterocycles. The molecule has 0 aromatic rings. The Morgan fingerprint density at radius 2 is 2.56 bits per heavy atom. The zero-order valence-electron chi connectivity index (χ0n) is 10.8. The van der Waals surface area contributed by atoms with Crippen LogP contribution in [0.25, 0.3) is 0 Å². The molecule has 0 radical (unpaired) electrons. The second-order valence-electron chi connectivity index (χ2n) is 4.73. The van der Waals surface area contributed by atoms with E-state index >= 15 is 0 Å². The molecule has 4 nitrogen and oxygen atoms in total. The minimum absolute atomic E-state index is 0.292. The number of aliphatic imine (C=N–C) groups is 1. The summed E-state index contributed by atoms with van der Waals surface area (Å²) in [5, 5.41) is 3.45. The number of rotatable bonds is 6. The van der Waals surface area contributed by atoms with Crippen molar-refractivity contribution in [3.63, 3.8) is 0 Å². The van der Waals surface area contributed by atoms with Gasteiger partial charge in [-0.05, 0) is 25.3 Å². The van der Waals surface area contributed by atoms with Crippen molar-refractivity contribution in [2.45, 2.75) is 31.4 Å². The van der Waals surface area contributed by atoms with Crippen molar-refractivity contribution in [1.29, 1.82) is 0 Å². The molecule has 2 aliphatic rings. The molecule has 2 rings (SSSR count). The molecule has 0 spiro atoms. The molecule has 0 amide bonds. The SMILES string of the molecule is C=COCC1COC(CCC2=CC=NCC2)CN1. The van der Waals surface area contributed by atoms with Gasteiger partial charge in [-0.25, -0.2) is 0 Å². The van der Waals surface area contributed by atoms with Crippen LogP contribution in [0.4, 0.5) is 0 Å². The lowest BCUT2D eigenvalue weighted by molar-refractivity contribution is -0.0133. The molecule has 2 aliphatic heterocycles. The van der Waals surface area contributed by atoms with Gasteiger partial charge in [-0.15, -0.1) is 0 Å². The van der Waals surface area contributed by atoms with Crippen molar-refractivity contribution in [2.75, 3.05) is 26.3 Å². The topological polar surface area (TPSA) is 42.9 Å². The van der Waals surface area contributed by atoms with Crippen LogP contribution in [-0.4, -0.2) is 44.7 Å². The highest BCUT2D eigenvalue weighted by Crippen LogP contribution is 2.16. The van der Waals surface area contributed by atoms with E-state index in [1.54, 1.807) is 0 Å². The van der Waals surface area contributed by atoms with Gasteiger partial charge in [0.1, 0.15) is 6.61 Å². The number of dihydropyridines is 1. The summed E-state index contributed by atoms with van der Waals surface area (Å²) in [5.74, 6) is 0. The fraction of sp³-hybridized carbons (Fsp3) is 0.643. The van der Waals surface area contributed by atoms with Gasteiger partial charge in [-0.1, -0.05) is 12.2 Å². The highest BCUT2D eigenvalue weighted by atomic mass is 16.5. The molecule has 18 heavy (non-hydrogen) atoms. The van der Waals surface area contributed by atoms with Crippen molar-refractivity contribution >= 4 is 6.21 Å². The van der Waals surface area contributed by atoms with E-state index in [1.165, 1.54) is 11.8 Å². The molecule has 0 aromatic carbocycles. The van der Waals surface area contributed by atoms with E-state index in [4.69, 9.17) is 9.47 Å². The van der Waals surface area contributed by atoms with Crippen molar-refractivity contribution in [3.8, 4) is 0 Å². The monoisotopic (exact) mass is 250 g/mol. The Hall–Kier alpha value is -1.13. The van der Waals surface area contributed by atoms with Crippen LogP contribution in [0.2, 0.25) is 0 Å². The maximum Gasteiger partial charge on any atom is 0.105 e. The van der Waals surface area contributed by atoms with Gasteiger partial charge in [0.25, 0.3) is 0 Å². The lowest BCUT2D eigenvalue weighted by Gasteiger charge is -2.30. The first-order valence-corrected chi connectivity index (χ1v) is 6.64. The lowest BCUT2D eigenvalue weighted by Crippen LogP contribution is -2.48. The summed E-state index contributed by atoms with van der Waals surface area (Å²) >= 11 is 0. The van der Waals surface area contributed by atoms with E-state index in [-0.39, 0.29) is 0 Å². The van der Waals surface area contributed by atoms with E-state index < -0.39 is 0 Å². The van der Waals surface area contributed by atoms with Gasteiger partial charge in [0.2, 0.25) is 0 Å². The van der Waals surface area contributed by atoms with Crippen LogP contribution in [0.1, 0.15) is 19.3 Å². The van der Waals surface area contributed by atoms with E-state index in [0.717, 1.165) is 39.0 Å². The molecule has 2 atom stereocenters. The van der Waals surface area contributed by atoms with Gasteiger partial charge in [0.05, 0.1) is 25.0 Å². The first-order valence-electron chi connectivity index (χ1n) is 6.64. The highest BCUT2D eigenvalue weighted by Gasteiger charge is 2.21. The molecule has 0 aliphatic carbocycles. The first-order chi connectivity index (χ1) is 8.88. The van der Waals surface area contributed by atoms with E-state index in [0.29, 0.717) is 18.8 Å². The normalized spacial score (nSPS) is 27.7. The van der Waals surface area contributed by atoms with Crippen LogP contribution >= 0.6 is 0 Å². The fourth-order valence-electron chi connectivity index (χ4n) is 2.22. The molecular weight excluding hydrogens is 228 g/mol. The second-order valence-corrected chi connectivity index (χ2v) is 4.73. The molecule has 0 saturated carbocycles. The molecule has 1 saturated heterocycles. The number of hydrogen-bond donors (Lipinski definition) is 1. The zero-order valence-corrected chi connectivity index (χ0v) is 10.8. The average molecular weight is 250 g/mol. The Kier molecular flexibility index (Phi) is 5.42. The van der Waals surface area contributed by atoms with Gasteiger partial charge < -0.3 is 14.8 Å². The van der Waals surface area contributed by atoms with Crippen LogP contribution in [-0.2, 0) is 9.47 Å². The van der Waals surface area contributed by atoms with Gasteiger partial charge in [-0.3, -0.25) is 4.99 Å². The van der Waals surface area contributed by atoms with Crippen LogP contribution in [0.15, 0.2) is 29.5 Å². The predicted molar refractivity (Wildman–Crippen MR) is 73.0 cm³/mol. The Labute approximate surface area is 109 Å². The van der Waals surface area contributed by atoms with Crippen LogP contribution in [0.3, 0.4) is 0 Å². The maximum absolute atomic E-state index is 5.84. The molecule has 2 unspecified atom stereocenters. The fourth-order valence-corrected chi connectivity index (χ4v) is 2.22. The molecule has 0 aromatic heterocycles. The van der Waals surface area contributed by atoms with Crippen molar-refractivity contribution in [3.05, 3.63) is 24.5 Å². The lowest BCUT2D eigenvalue weighted by atomic mass is 10.0. The van der Waals surface area contributed by atoms with E-state index in [1.807, 2.05) is 6.21 Å². The highest BCUT2D eigenvalue weighted by molar-refractivity contribution is 5.73. The number of nitrogens with one attached hydrogen (secondary N) is 1. The van der Waals surface area contributed by atoms with Crippen LogP contribution in [0.5, 0.6) is 0 Å². The Morgan fingerprint density at radius 1 is 1.61 bits per heavy atom. The minimum Gasteiger partial charge on any atom is -0.500 e. The second kappa shape index (κ2) is 7.34. The smallest absolute Gasteiger partial charge is 0.105 e. The third-order valence-corrected chi connectivity index (χ3v) is 3.35. The molecule has 0 bridgehead atoms. The molecule has 100 valence electrons. The molecule has 1 fully saturated rings. The Bertz CT molecular complexity index is 318. The number of allylic oxidation sites excluding steroid dienone is 1. The molecular formula is C14H22N2O2. The number of ether oxygens (including phenoxy) is 2. The predicted octanol–water partition coefficient (Wildman–Crippen LogP) is 1.68. The van der Waals surface area contributed by atoms with Crippen LogP contribution < -0.4 is 5.32 Å². The summed E-state index contributed by atoms with van der Waals surface area (Å²) < 4.78 is 11.0. The summed E-state index contributed by atoms with van der Waals surface area (Å²) in [4.78, 5) is 4.19. The molecule has 4 heteroatoms. The van der Waals surface area contributed by atoms with Gasteiger partial charge in [0.15, 0.2) is 0 Å². The average Bonchev–Trinajstić information content (AvgIpc) is 2.45. The van der Waals surface area contributed by atoms with Gasteiger partial charge in [-0.2, -0.15) is 0 Å². The standard InChI is InChI=1S/C14H22N2O2/c1-2-17-10-13-11-18-14(9-16-13)4-3-12-5-7-15-8-6-12/h2,5,7,13-14,16H,1,3-4,6,8-11H2. The zero-order chi connectivity index (χ0) is 12.6. The van der Waals surface area contributed by atoms with Gasteiger partial charge in [0, 0.05) is 19.3 Å². The summed E-state index contributed by atoms with van der Waals surface area (Å²) in [6.45, 7) is 6.74. The number of morpholine rings is 1. The van der Waals surface area contributed by atoms with E-state index in [2.05, 4.69) is 23.0 Å². The first kappa shape index (κ1) is 13.3. The third kappa shape index (κ3) is 4.27. The summed E-state index contributed by atoms with van der Waals surface area (Å²) in [5.41, 5.74) is 1.49. The summed E-state index contributed by atoms with van der Waals surface area (Å²) in [6.07, 6.45) is 9.16. The maximum atomic E-state index is 5.84. The largest absolute Gasteiger partial charge is 0.500 e. The minimum atomic E-state index is 0.292.